The number of halogens is 3. The van der Waals surface area contributed by atoms with Crippen LogP contribution in [0.25, 0.3) is 44.8 Å². The molecule has 6 N–H and O–H groups in total. The van der Waals surface area contributed by atoms with Gasteiger partial charge in [-0.25, -0.2) is 23.1 Å². The molecule has 0 amide bonds. The molecule has 6 rings (SSSR count). The zero-order valence-electron chi connectivity index (χ0n) is 25.4. The lowest BCUT2D eigenvalue weighted by Crippen LogP contribution is -2.30. The first-order valence-electron chi connectivity index (χ1n) is 14.6. The van der Waals surface area contributed by atoms with Crippen LogP contribution in [0, 0.1) is 28.3 Å². The summed E-state index contributed by atoms with van der Waals surface area (Å²) in [5.74, 6) is -2.90. The van der Waals surface area contributed by atoms with Gasteiger partial charge < -0.3 is 25.3 Å². The second-order valence-corrected chi connectivity index (χ2v) is 11.5. The Kier molecular flexibility index (Phi) is 7.95. The Morgan fingerprint density at radius 2 is 1.13 bits per heavy atom. The predicted octanol–water partition coefficient (Wildman–Crippen LogP) is 7.63. The number of ether oxygens (including phenoxy) is 1. The summed E-state index contributed by atoms with van der Waals surface area (Å²) in [6.45, 7) is 7.75. The second-order valence-electron chi connectivity index (χ2n) is 11.5. The number of rotatable bonds is 8. The van der Waals surface area contributed by atoms with E-state index in [2.05, 4.69) is 30.6 Å². The molecule has 0 fully saturated rings. The molecule has 2 heterocycles. The number of benzene rings is 4. The monoisotopic (exact) mass is 624 g/mol. The van der Waals surface area contributed by atoms with Crippen LogP contribution in [0.5, 0.6) is 11.5 Å². The zero-order chi connectivity index (χ0) is 32.7. The van der Waals surface area contributed by atoms with Crippen molar-refractivity contribution in [2.45, 2.75) is 39.8 Å². The van der Waals surface area contributed by atoms with Crippen LogP contribution in [0.2, 0.25) is 0 Å². The molecule has 0 saturated carbocycles. The molecule has 0 atom stereocenters. The lowest BCUT2D eigenvalue weighted by Gasteiger charge is -2.11. The van der Waals surface area contributed by atoms with E-state index in [-0.39, 0.29) is 40.9 Å². The molecule has 0 radical (unpaired) electrons. The molecule has 12 heteroatoms. The summed E-state index contributed by atoms with van der Waals surface area (Å²) in [6.07, 6.45) is 0. The number of aromatic amines is 2. The van der Waals surface area contributed by atoms with Crippen molar-refractivity contribution >= 4 is 33.7 Å². The summed E-state index contributed by atoms with van der Waals surface area (Å²) in [6, 6.07) is 16.8. The molecule has 234 valence electrons. The number of H-pyrrole nitrogens is 2. The number of nitrogens with zero attached hydrogens (tertiary/aromatic N) is 2. The van der Waals surface area contributed by atoms with Crippen molar-refractivity contribution < 1.29 is 17.9 Å². The number of imidazole rings is 2. The fraction of sp³-hybridized carbons (Fsp3) is 0.176. The molecule has 2 aromatic heterocycles. The molecule has 0 aliphatic carbocycles. The average molecular weight is 625 g/mol. The van der Waals surface area contributed by atoms with Gasteiger partial charge in [-0.2, -0.15) is 0 Å². The normalized spacial score (nSPS) is 11.5. The van der Waals surface area contributed by atoms with Gasteiger partial charge in [0.15, 0.2) is 29.0 Å². The van der Waals surface area contributed by atoms with Crippen LogP contribution in [0.15, 0.2) is 66.7 Å². The Hall–Kier alpha value is -5.65. The maximum absolute atomic E-state index is 15.2. The predicted molar refractivity (Wildman–Crippen MR) is 173 cm³/mol. The Morgan fingerprint density at radius 1 is 0.652 bits per heavy atom. The summed E-state index contributed by atoms with van der Waals surface area (Å²) in [5, 5.41) is 22.5. The van der Waals surface area contributed by atoms with Gasteiger partial charge in [-0.1, -0.05) is 0 Å². The van der Waals surface area contributed by atoms with E-state index in [1.807, 2.05) is 27.7 Å². The SMILES string of the molecule is CC(C)NC(=N)c1ccc2nc(-c3ccc(Oc4c(F)cc(-c5nc6ccc(C(=N)NC(C)C)cc6[nH]5)cc4F)c(F)c3)[nH]c2c1. The van der Waals surface area contributed by atoms with Crippen LogP contribution in [0.4, 0.5) is 13.2 Å². The Bertz CT molecular complexity index is 2110. The fourth-order valence-corrected chi connectivity index (χ4v) is 4.98. The minimum absolute atomic E-state index is 0.0825. The maximum Gasteiger partial charge on any atom is 0.198 e. The third-order valence-electron chi connectivity index (χ3n) is 7.10. The van der Waals surface area contributed by atoms with Crippen molar-refractivity contribution in [2.24, 2.45) is 0 Å². The van der Waals surface area contributed by atoms with E-state index in [4.69, 9.17) is 15.6 Å². The summed E-state index contributed by atoms with van der Waals surface area (Å²) in [7, 11) is 0. The van der Waals surface area contributed by atoms with E-state index < -0.39 is 23.2 Å². The summed E-state index contributed by atoms with van der Waals surface area (Å²) >= 11 is 0. The first-order valence-corrected chi connectivity index (χ1v) is 14.6. The van der Waals surface area contributed by atoms with E-state index >= 15 is 13.2 Å². The van der Waals surface area contributed by atoms with Crippen molar-refractivity contribution in [1.29, 1.82) is 10.8 Å². The van der Waals surface area contributed by atoms with Crippen molar-refractivity contribution in [2.75, 3.05) is 0 Å². The summed E-state index contributed by atoms with van der Waals surface area (Å²) < 4.78 is 50.9. The van der Waals surface area contributed by atoms with Crippen LogP contribution in [0.1, 0.15) is 38.8 Å². The third kappa shape index (κ3) is 6.14. The molecule has 0 unspecified atom stereocenters. The number of hydrogen-bond donors (Lipinski definition) is 6. The van der Waals surface area contributed by atoms with E-state index in [9.17, 15) is 0 Å². The molecule has 4 aromatic carbocycles. The standard InChI is InChI=1S/C34H31F3N8O/c1-16(2)40-31(38)18-5-8-25-27(14-18)44-33(42-25)20-7-10-29(22(35)11-20)46-30-23(36)12-21(13-24(30)37)34-43-26-9-6-19(15-28(26)45-34)32(39)41-17(3)4/h5-17H,1-4H3,(H2,38,40)(H2,39,41)(H,42,44)(H,43,45). The van der Waals surface area contributed by atoms with Gasteiger partial charge in [-0.3, -0.25) is 10.8 Å². The van der Waals surface area contributed by atoms with Crippen molar-refractivity contribution in [3.63, 3.8) is 0 Å². The Labute approximate surface area is 262 Å². The van der Waals surface area contributed by atoms with E-state index in [1.54, 1.807) is 36.4 Å². The van der Waals surface area contributed by atoms with Gasteiger partial charge in [0.2, 0.25) is 0 Å². The average Bonchev–Trinajstić information content (AvgIpc) is 3.62. The van der Waals surface area contributed by atoms with Crippen LogP contribution >= 0.6 is 0 Å². The van der Waals surface area contributed by atoms with Crippen LogP contribution in [-0.2, 0) is 0 Å². The van der Waals surface area contributed by atoms with Gasteiger partial charge in [0.1, 0.15) is 23.3 Å². The highest BCUT2D eigenvalue weighted by Gasteiger charge is 2.19. The van der Waals surface area contributed by atoms with E-state index in [0.717, 1.165) is 12.1 Å². The van der Waals surface area contributed by atoms with Gasteiger partial charge in [-0.05, 0) is 94.4 Å². The molecule has 9 nitrogen and oxygen atoms in total. The van der Waals surface area contributed by atoms with E-state index in [0.29, 0.717) is 44.6 Å². The quantitative estimate of drug-likeness (QED) is 0.0764. The zero-order valence-corrected chi connectivity index (χ0v) is 25.4. The van der Waals surface area contributed by atoms with E-state index in [1.165, 1.54) is 18.2 Å². The number of hydrogen-bond acceptors (Lipinski definition) is 5. The molecule has 46 heavy (non-hydrogen) atoms. The Morgan fingerprint density at radius 3 is 1.61 bits per heavy atom. The van der Waals surface area contributed by atoms with Crippen LogP contribution in [0.3, 0.4) is 0 Å². The third-order valence-corrected chi connectivity index (χ3v) is 7.10. The highest BCUT2D eigenvalue weighted by Crippen LogP contribution is 2.34. The molecular weight excluding hydrogens is 593 g/mol. The molecular formula is C34H31F3N8O. The van der Waals surface area contributed by atoms with Gasteiger partial charge in [0, 0.05) is 34.3 Å². The van der Waals surface area contributed by atoms with Crippen molar-refractivity contribution in [1.82, 2.24) is 30.6 Å². The minimum atomic E-state index is -1.03. The molecule has 0 aliphatic rings. The largest absolute Gasteiger partial charge is 0.448 e. The van der Waals surface area contributed by atoms with Gasteiger partial charge in [-0.15, -0.1) is 0 Å². The highest BCUT2D eigenvalue weighted by atomic mass is 19.1. The molecule has 0 bridgehead atoms. The fourth-order valence-electron chi connectivity index (χ4n) is 4.98. The summed E-state index contributed by atoms with van der Waals surface area (Å²) in [4.78, 5) is 15.1. The molecule has 0 aliphatic heterocycles. The number of aromatic nitrogens is 4. The first-order chi connectivity index (χ1) is 21.9. The highest BCUT2D eigenvalue weighted by molar-refractivity contribution is 6.00. The number of amidine groups is 2. The Balaban J connectivity index is 1.22. The topological polar surface area (TPSA) is 138 Å². The van der Waals surface area contributed by atoms with Crippen LogP contribution in [-0.4, -0.2) is 43.7 Å². The minimum Gasteiger partial charge on any atom is -0.448 e. The molecule has 0 spiro atoms. The van der Waals surface area contributed by atoms with Crippen molar-refractivity contribution in [3.05, 3.63) is 95.3 Å². The molecule has 0 saturated heterocycles. The summed E-state index contributed by atoms with van der Waals surface area (Å²) in [5.41, 5.74) is 4.30. The van der Waals surface area contributed by atoms with Crippen molar-refractivity contribution in [3.8, 4) is 34.3 Å². The molecule has 6 aromatic rings. The van der Waals surface area contributed by atoms with Crippen LogP contribution < -0.4 is 15.4 Å². The van der Waals surface area contributed by atoms with Gasteiger partial charge >= 0.3 is 0 Å². The lowest BCUT2D eigenvalue weighted by molar-refractivity contribution is 0.388. The smallest absolute Gasteiger partial charge is 0.198 e. The van der Waals surface area contributed by atoms with Gasteiger partial charge in [0.05, 0.1) is 22.1 Å². The van der Waals surface area contributed by atoms with Gasteiger partial charge in [0.25, 0.3) is 0 Å². The lowest BCUT2D eigenvalue weighted by atomic mass is 10.1. The number of fused-ring (bicyclic) bond motifs is 2. The number of nitrogens with one attached hydrogen (secondary N) is 6. The maximum atomic E-state index is 15.2. The first kappa shape index (κ1) is 30.4. The second kappa shape index (κ2) is 12.0.